The smallest absolute Gasteiger partial charge is 0.371 e. The fourth-order valence-electron chi connectivity index (χ4n) is 1.95. The van der Waals surface area contributed by atoms with E-state index in [1.165, 1.54) is 0 Å². The van der Waals surface area contributed by atoms with Crippen LogP contribution in [0.2, 0.25) is 5.02 Å². The highest BCUT2D eigenvalue weighted by Crippen LogP contribution is 2.24. The first-order valence-corrected chi connectivity index (χ1v) is 6.95. The Morgan fingerprint density at radius 1 is 1.35 bits per heavy atom. The summed E-state index contributed by atoms with van der Waals surface area (Å²) in [6.07, 6.45) is -2.03. The van der Waals surface area contributed by atoms with Gasteiger partial charge in [0.25, 0.3) is 0 Å². The van der Waals surface area contributed by atoms with Crippen LogP contribution in [0.3, 0.4) is 0 Å². The van der Waals surface area contributed by atoms with Gasteiger partial charge >= 0.3 is 6.18 Å². The molecule has 0 aliphatic heterocycles. The number of ether oxygens (including phenoxy) is 1. The number of halogens is 4. The van der Waals surface area contributed by atoms with Gasteiger partial charge in [-0.15, -0.1) is 0 Å². The molecule has 20 heavy (non-hydrogen) atoms. The fourth-order valence-corrected chi connectivity index (χ4v) is 2.15. The van der Waals surface area contributed by atoms with Crippen LogP contribution in [0, 0.1) is 0 Å². The molecule has 112 valence electrons. The van der Waals surface area contributed by atoms with E-state index in [9.17, 15) is 13.2 Å². The average Bonchev–Trinajstić information content (AvgIpc) is 3.16. The van der Waals surface area contributed by atoms with Crippen molar-refractivity contribution in [2.24, 2.45) is 0 Å². The fraction of sp³-hybridized carbons (Fsp3) is 0.571. The Kier molecular flexibility index (Phi) is 5.29. The minimum Gasteiger partial charge on any atom is -0.371 e. The first-order chi connectivity index (χ1) is 9.44. The summed E-state index contributed by atoms with van der Waals surface area (Å²) in [5.41, 5.74) is 0.896. The Labute approximate surface area is 121 Å². The Morgan fingerprint density at radius 2 is 2.10 bits per heavy atom. The summed E-state index contributed by atoms with van der Waals surface area (Å²) in [6, 6.07) is 7.68. The number of rotatable bonds is 7. The molecule has 0 radical (unpaired) electrons. The molecular formula is C14H17ClF3NO. The molecule has 0 amide bonds. The van der Waals surface area contributed by atoms with Crippen molar-refractivity contribution in [1.29, 1.82) is 0 Å². The van der Waals surface area contributed by atoms with E-state index in [-0.39, 0.29) is 12.5 Å². The molecule has 6 heteroatoms. The minimum absolute atomic E-state index is 0.0274. The van der Waals surface area contributed by atoms with Crippen LogP contribution in [0.25, 0.3) is 0 Å². The molecule has 0 saturated heterocycles. The lowest BCUT2D eigenvalue weighted by Crippen LogP contribution is -2.28. The van der Waals surface area contributed by atoms with E-state index >= 15 is 0 Å². The van der Waals surface area contributed by atoms with E-state index in [1.807, 2.05) is 6.07 Å². The van der Waals surface area contributed by atoms with Gasteiger partial charge in [0, 0.05) is 23.5 Å². The quantitative estimate of drug-likeness (QED) is 0.828. The zero-order chi connectivity index (χ0) is 14.6. The van der Waals surface area contributed by atoms with Crippen LogP contribution in [0.5, 0.6) is 0 Å². The maximum Gasteiger partial charge on any atom is 0.411 e. The van der Waals surface area contributed by atoms with E-state index < -0.39 is 12.8 Å². The van der Waals surface area contributed by atoms with E-state index in [0.29, 0.717) is 17.6 Å². The van der Waals surface area contributed by atoms with Gasteiger partial charge < -0.3 is 10.1 Å². The molecule has 1 atom stereocenters. The normalized spacial score (nSPS) is 17.2. The van der Waals surface area contributed by atoms with Crippen LogP contribution in [-0.2, 0) is 4.74 Å². The van der Waals surface area contributed by atoms with Crippen molar-refractivity contribution in [3.8, 4) is 0 Å². The molecule has 1 saturated carbocycles. The highest BCUT2D eigenvalue weighted by atomic mass is 35.5. The van der Waals surface area contributed by atoms with Crippen molar-refractivity contribution in [2.45, 2.75) is 31.0 Å². The summed E-state index contributed by atoms with van der Waals surface area (Å²) < 4.78 is 41.2. The zero-order valence-corrected chi connectivity index (χ0v) is 11.7. The van der Waals surface area contributed by atoms with Crippen LogP contribution in [-0.4, -0.2) is 32.0 Å². The maximum atomic E-state index is 12.1. The molecule has 1 aromatic carbocycles. The Morgan fingerprint density at radius 3 is 2.70 bits per heavy atom. The van der Waals surface area contributed by atoms with Crippen LogP contribution in [0.4, 0.5) is 13.2 Å². The average molecular weight is 308 g/mol. The van der Waals surface area contributed by atoms with Crippen molar-refractivity contribution < 1.29 is 17.9 Å². The lowest BCUT2D eigenvalue weighted by Gasteiger charge is -2.19. The first-order valence-electron chi connectivity index (χ1n) is 6.57. The molecule has 1 unspecified atom stereocenters. The van der Waals surface area contributed by atoms with Gasteiger partial charge in [-0.1, -0.05) is 23.7 Å². The molecule has 1 aromatic rings. The molecule has 2 rings (SSSR count). The third kappa shape index (κ3) is 5.69. The van der Waals surface area contributed by atoms with E-state index in [0.717, 1.165) is 18.4 Å². The Balaban J connectivity index is 1.92. The van der Waals surface area contributed by atoms with Gasteiger partial charge in [-0.25, -0.2) is 0 Å². The van der Waals surface area contributed by atoms with Crippen molar-refractivity contribution in [3.05, 3.63) is 34.9 Å². The van der Waals surface area contributed by atoms with Crippen molar-refractivity contribution in [1.82, 2.24) is 5.32 Å². The lowest BCUT2D eigenvalue weighted by atomic mass is 10.00. The number of hydrogen-bond acceptors (Lipinski definition) is 2. The summed E-state index contributed by atoms with van der Waals surface area (Å²) in [5, 5.41) is 3.90. The summed E-state index contributed by atoms with van der Waals surface area (Å²) in [4.78, 5) is 0. The molecule has 0 bridgehead atoms. The van der Waals surface area contributed by atoms with Crippen LogP contribution >= 0.6 is 11.6 Å². The Bertz CT molecular complexity index is 435. The molecule has 1 aliphatic rings. The van der Waals surface area contributed by atoms with Crippen molar-refractivity contribution >= 4 is 11.6 Å². The highest BCUT2D eigenvalue weighted by molar-refractivity contribution is 6.30. The standard InChI is InChI=1S/C14H17ClF3NO/c15-12-3-1-2-10(6-12)11(7-19-13-4-5-13)8-20-9-14(16,17)18/h1-3,6,11,13,19H,4-5,7-9H2. The van der Waals surface area contributed by atoms with Gasteiger partial charge in [0.15, 0.2) is 0 Å². The third-order valence-electron chi connectivity index (χ3n) is 3.14. The van der Waals surface area contributed by atoms with Gasteiger partial charge in [-0.3, -0.25) is 0 Å². The lowest BCUT2D eigenvalue weighted by molar-refractivity contribution is -0.174. The van der Waals surface area contributed by atoms with Gasteiger partial charge in [-0.2, -0.15) is 13.2 Å². The molecule has 0 aromatic heterocycles. The summed E-state index contributed by atoms with van der Waals surface area (Å²) >= 11 is 5.93. The van der Waals surface area contributed by atoms with E-state index in [4.69, 9.17) is 16.3 Å². The molecular weight excluding hydrogens is 291 g/mol. The second kappa shape index (κ2) is 6.78. The van der Waals surface area contributed by atoms with Crippen LogP contribution < -0.4 is 5.32 Å². The topological polar surface area (TPSA) is 21.3 Å². The predicted octanol–water partition coefficient (Wildman–Crippen LogP) is 3.75. The highest BCUT2D eigenvalue weighted by Gasteiger charge is 2.28. The molecule has 1 N–H and O–H groups in total. The molecule has 2 nitrogen and oxygen atoms in total. The van der Waals surface area contributed by atoms with E-state index in [2.05, 4.69) is 5.32 Å². The number of benzene rings is 1. The third-order valence-corrected chi connectivity index (χ3v) is 3.37. The predicted molar refractivity (Wildman–Crippen MR) is 72.1 cm³/mol. The number of hydrogen-bond donors (Lipinski definition) is 1. The second-order valence-electron chi connectivity index (χ2n) is 5.06. The summed E-state index contributed by atoms with van der Waals surface area (Å²) in [5.74, 6) is -0.128. The first kappa shape index (κ1) is 15.6. The summed E-state index contributed by atoms with van der Waals surface area (Å²) in [7, 11) is 0. The molecule has 0 heterocycles. The molecule has 0 spiro atoms. The van der Waals surface area contributed by atoms with Gasteiger partial charge in [0.05, 0.1) is 6.61 Å². The minimum atomic E-state index is -4.29. The van der Waals surface area contributed by atoms with Crippen LogP contribution in [0.1, 0.15) is 24.3 Å². The second-order valence-corrected chi connectivity index (χ2v) is 5.50. The zero-order valence-electron chi connectivity index (χ0n) is 10.9. The maximum absolute atomic E-state index is 12.1. The van der Waals surface area contributed by atoms with Gasteiger partial charge in [0.2, 0.25) is 0 Å². The SMILES string of the molecule is FC(F)(F)COCC(CNC1CC1)c1cccc(Cl)c1. The van der Waals surface area contributed by atoms with Crippen molar-refractivity contribution in [2.75, 3.05) is 19.8 Å². The monoisotopic (exact) mass is 307 g/mol. The largest absolute Gasteiger partial charge is 0.411 e. The number of alkyl halides is 3. The van der Waals surface area contributed by atoms with Gasteiger partial charge in [-0.05, 0) is 30.5 Å². The van der Waals surface area contributed by atoms with Gasteiger partial charge in [0.1, 0.15) is 6.61 Å². The Hall–Kier alpha value is -0.780. The van der Waals surface area contributed by atoms with Crippen LogP contribution in [0.15, 0.2) is 24.3 Å². The molecule has 1 aliphatic carbocycles. The van der Waals surface area contributed by atoms with Crippen molar-refractivity contribution in [3.63, 3.8) is 0 Å². The number of nitrogens with one attached hydrogen (secondary N) is 1. The molecule has 1 fully saturated rings. The van der Waals surface area contributed by atoms with E-state index in [1.54, 1.807) is 18.2 Å². The summed E-state index contributed by atoms with van der Waals surface area (Å²) in [6.45, 7) is -0.587.